The number of rotatable bonds is 7. The van der Waals surface area contributed by atoms with Gasteiger partial charge in [0.15, 0.2) is 17.5 Å². The van der Waals surface area contributed by atoms with Crippen LogP contribution in [0.1, 0.15) is 67.5 Å². The predicted molar refractivity (Wildman–Crippen MR) is 254 cm³/mol. The Hall–Kier alpha value is -7.23. The highest BCUT2D eigenvalue weighted by Crippen LogP contribution is 2.65. The van der Waals surface area contributed by atoms with Crippen molar-refractivity contribution in [2.75, 3.05) is 0 Å². The molecule has 0 saturated heterocycles. The van der Waals surface area contributed by atoms with Crippen molar-refractivity contribution in [1.29, 1.82) is 0 Å². The first kappa shape index (κ1) is 38.3. The Morgan fingerprint density at radius 2 is 1.02 bits per heavy atom. The monoisotopic (exact) mass is 773 g/mol. The van der Waals surface area contributed by atoms with Gasteiger partial charge >= 0.3 is 0 Å². The van der Waals surface area contributed by atoms with Crippen LogP contribution in [0.25, 0.3) is 84.9 Å². The number of fused-ring (bicyclic) bond motifs is 8. The zero-order chi connectivity index (χ0) is 41.4. The quantitative estimate of drug-likeness (QED) is 0.162. The summed E-state index contributed by atoms with van der Waals surface area (Å²) >= 11 is 0. The molecule has 0 N–H and O–H groups in total. The Morgan fingerprint density at radius 3 is 1.65 bits per heavy atom. The molecule has 3 nitrogen and oxygen atoms in total. The van der Waals surface area contributed by atoms with Crippen LogP contribution in [0.4, 0.5) is 0 Å². The van der Waals surface area contributed by atoms with Gasteiger partial charge in [-0.05, 0) is 103 Å². The maximum absolute atomic E-state index is 5.13. The van der Waals surface area contributed by atoms with Crippen LogP contribution in [0.2, 0.25) is 0 Å². The van der Waals surface area contributed by atoms with Crippen LogP contribution in [0.3, 0.4) is 0 Å². The van der Waals surface area contributed by atoms with Crippen LogP contribution in [-0.4, -0.2) is 15.0 Å². The van der Waals surface area contributed by atoms with Gasteiger partial charge in [0.2, 0.25) is 0 Å². The molecule has 0 aliphatic heterocycles. The fourth-order valence-corrected chi connectivity index (χ4v) is 9.46. The smallest absolute Gasteiger partial charge is 0.164 e. The summed E-state index contributed by atoms with van der Waals surface area (Å²) in [4.78, 5) is 15.3. The van der Waals surface area contributed by atoms with Gasteiger partial charge in [-0.25, -0.2) is 15.0 Å². The van der Waals surface area contributed by atoms with Gasteiger partial charge in [-0.3, -0.25) is 0 Å². The largest absolute Gasteiger partial charge is 0.208 e. The van der Waals surface area contributed by atoms with Crippen LogP contribution in [0.5, 0.6) is 0 Å². The van der Waals surface area contributed by atoms with Gasteiger partial charge < -0.3 is 0 Å². The summed E-state index contributed by atoms with van der Waals surface area (Å²) in [6.07, 6.45) is 9.40. The molecule has 2 aliphatic rings. The zero-order valence-corrected chi connectivity index (χ0v) is 34.7. The molecule has 1 aromatic heterocycles. The lowest BCUT2D eigenvalue weighted by Gasteiger charge is -2.32. The minimum absolute atomic E-state index is 0.434. The van der Waals surface area contributed by atoms with Crippen molar-refractivity contribution in [2.24, 2.45) is 0 Å². The lowest BCUT2D eigenvalue weighted by atomic mass is 9.68. The van der Waals surface area contributed by atoms with E-state index in [9.17, 15) is 0 Å². The molecule has 290 valence electrons. The van der Waals surface area contributed by atoms with Crippen LogP contribution in [0, 0.1) is 0 Å². The molecule has 3 heteroatoms. The molecule has 1 heterocycles. The summed E-state index contributed by atoms with van der Waals surface area (Å²) in [6.45, 7) is 16.5. The Kier molecular flexibility index (Phi) is 10.1. The molecule has 0 radical (unpaired) electrons. The fraction of sp³-hybridized carbons (Fsp3) is 0.105. The highest BCUT2D eigenvalue weighted by molar-refractivity contribution is 6.02. The van der Waals surface area contributed by atoms with Crippen LogP contribution >= 0.6 is 0 Å². The number of hydrogen-bond donors (Lipinski definition) is 0. The SMILES string of the molecule is C=Cc1ccc(-c2nc(-c3ccc(-c4cccc5c4C4(C(=C/C)/C5=C\CC)c5ccccc5-c5ccccc54)cc3)nc(-c3ccc4ccccc4c3)n2)cc1C=C.CC. The lowest BCUT2D eigenvalue weighted by Crippen LogP contribution is -2.26. The van der Waals surface area contributed by atoms with E-state index >= 15 is 0 Å². The molecule has 1 spiro atoms. The molecule has 10 rings (SSSR count). The van der Waals surface area contributed by atoms with Gasteiger partial charge in [0.25, 0.3) is 0 Å². The normalized spacial score (nSPS) is 14.4. The van der Waals surface area contributed by atoms with E-state index in [0.29, 0.717) is 17.5 Å². The van der Waals surface area contributed by atoms with Gasteiger partial charge in [0, 0.05) is 16.7 Å². The van der Waals surface area contributed by atoms with Crippen molar-refractivity contribution in [3.8, 4) is 56.4 Å². The highest BCUT2D eigenvalue weighted by atomic mass is 15.0. The zero-order valence-electron chi connectivity index (χ0n) is 34.7. The van der Waals surface area contributed by atoms with Crippen molar-refractivity contribution in [2.45, 2.75) is 39.5 Å². The van der Waals surface area contributed by atoms with Gasteiger partial charge in [-0.2, -0.15) is 0 Å². The van der Waals surface area contributed by atoms with E-state index in [0.717, 1.165) is 45.2 Å². The molecule has 8 aromatic rings. The molecule has 2 aliphatic carbocycles. The van der Waals surface area contributed by atoms with Gasteiger partial charge in [0.05, 0.1) is 5.41 Å². The van der Waals surface area contributed by atoms with E-state index < -0.39 is 5.41 Å². The summed E-state index contributed by atoms with van der Waals surface area (Å²) in [6, 6.07) is 54.5. The Bertz CT molecular complexity index is 2990. The number of benzene rings is 7. The first-order valence-electron chi connectivity index (χ1n) is 21.0. The molecule has 0 unspecified atom stereocenters. The lowest BCUT2D eigenvalue weighted by molar-refractivity contribution is 0.794. The van der Waals surface area contributed by atoms with E-state index in [1.165, 1.54) is 55.5 Å². The van der Waals surface area contributed by atoms with Crippen LogP contribution in [-0.2, 0) is 5.41 Å². The first-order chi connectivity index (χ1) is 29.6. The number of nitrogens with zero attached hydrogens (tertiary/aromatic N) is 3. The Morgan fingerprint density at radius 1 is 0.500 bits per heavy atom. The van der Waals surface area contributed by atoms with Crippen LogP contribution in [0.15, 0.2) is 183 Å². The third kappa shape index (κ3) is 6.00. The molecule has 7 aromatic carbocycles. The van der Waals surface area contributed by atoms with Crippen molar-refractivity contribution in [3.05, 3.63) is 216 Å². The maximum atomic E-state index is 5.13. The third-order valence-electron chi connectivity index (χ3n) is 12.0. The van der Waals surface area contributed by atoms with E-state index in [-0.39, 0.29) is 0 Å². The van der Waals surface area contributed by atoms with Crippen molar-refractivity contribution >= 4 is 28.5 Å². The summed E-state index contributed by atoms with van der Waals surface area (Å²) in [7, 11) is 0. The number of aromatic nitrogens is 3. The first-order valence-corrected chi connectivity index (χ1v) is 21.0. The minimum atomic E-state index is -0.434. The van der Waals surface area contributed by atoms with Crippen molar-refractivity contribution < 1.29 is 0 Å². The third-order valence-corrected chi connectivity index (χ3v) is 12.0. The van der Waals surface area contributed by atoms with E-state index in [1.54, 1.807) is 0 Å². The second kappa shape index (κ2) is 15.8. The number of hydrogen-bond acceptors (Lipinski definition) is 3. The van der Waals surface area contributed by atoms with Crippen molar-refractivity contribution in [3.63, 3.8) is 0 Å². The average molecular weight is 774 g/mol. The van der Waals surface area contributed by atoms with Gasteiger partial charge in [0.1, 0.15) is 0 Å². The molecule has 0 amide bonds. The Labute approximate surface area is 353 Å². The summed E-state index contributed by atoms with van der Waals surface area (Å²) in [5.41, 5.74) is 17.3. The molecule has 60 heavy (non-hydrogen) atoms. The van der Waals surface area contributed by atoms with Crippen LogP contribution < -0.4 is 0 Å². The predicted octanol–water partition coefficient (Wildman–Crippen LogP) is 15.1. The summed E-state index contributed by atoms with van der Waals surface area (Å²) in [5, 5.41) is 2.31. The van der Waals surface area contributed by atoms with E-state index in [1.807, 2.05) is 38.1 Å². The summed E-state index contributed by atoms with van der Waals surface area (Å²) in [5.74, 6) is 1.84. The van der Waals surface area contributed by atoms with Gasteiger partial charge in [-0.15, -0.1) is 0 Å². The van der Waals surface area contributed by atoms with E-state index in [2.05, 4.69) is 179 Å². The fourth-order valence-electron chi connectivity index (χ4n) is 9.46. The maximum Gasteiger partial charge on any atom is 0.164 e. The molecular weight excluding hydrogens is 727 g/mol. The minimum Gasteiger partial charge on any atom is -0.208 e. The highest BCUT2D eigenvalue weighted by Gasteiger charge is 2.54. The van der Waals surface area contributed by atoms with Crippen molar-refractivity contribution in [1.82, 2.24) is 15.0 Å². The standard InChI is InChI=1S/C55H41N3.C2H6/c1-5-16-44-47-22-15-21-43(51(47)55(48(44)8-4)49-23-13-11-19-45(49)46-20-12-14-24-50(46)55)38-27-29-39(30-28-38)52-56-53(41-31-25-35(6-2)36(7-3)33-41)58-54(57-52)42-32-26-37-17-9-10-18-40(37)34-42;1-2/h6-34H,2-3,5H2,1,4H3;1-2H3/b44-16-,48-8+;. The Balaban J connectivity index is 0.00000228. The second-order valence-electron chi connectivity index (χ2n) is 15.0. The molecule has 0 fully saturated rings. The van der Waals surface area contributed by atoms with E-state index in [4.69, 9.17) is 15.0 Å². The molecule has 0 bridgehead atoms. The summed E-state index contributed by atoms with van der Waals surface area (Å²) < 4.78 is 0. The second-order valence-corrected chi connectivity index (χ2v) is 15.0. The molecule has 0 saturated carbocycles. The molecule has 0 atom stereocenters. The van der Waals surface area contributed by atoms with Gasteiger partial charge in [-0.1, -0.05) is 198 Å². The molecular formula is C57H47N3. The average Bonchev–Trinajstić information content (AvgIpc) is 3.78. The topological polar surface area (TPSA) is 38.7 Å². The number of allylic oxidation sites excluding steroid dienone is 4.